The van der Waals surface area contributed by atoms with Gasteiger partial charge >= 0.3 is 6.09 Å². The zero-order valence-electron chi connectivity index (χ0n) is 9.24. The van der Waals surface area contributed by atoms with Gasteiger partial charge in [-0.15, -0.1) is 0 Å². The number of ether oxygens (including phenoxy) is 2. The number of carbonyl (C=O) groups excluding carboxylic acids is 1. The summed E-state index contributed by atoms with van der Waals surface area (Å²) in [6, 6.07) is 5.24. The van der Waals surface area contributed by atoms with Crippen LogP contribution in [0.5, 0.6) is 11.7 Å². The fraction of sp³-hybridized carbons (Fsp3) is 0.182. The maximum Gasteiger partial charge on any atom is 0.414 e. The van der Waals surface area contributed by atoms with Crippen LogP contribution in [0.4, 0.5) is 4.79 Å². The van der Waals surface area contributed by atoms with E-state index in [1.165, 1.54) is 7.05 Å². The Morgan fingerprint density at radius 3 is 2.82 bits per heavy atom. The Morgan fingerprint density at radius 1 is 1.41 bits per heavy atom. The normalized spacial score (nSPS) is 10.3. The summed E-state index contributed by atoms with van der Waals surface area (Å²) in [6.07, 6.45) is -0.581. The van der Waals surface area contributed by atoms with Crippen molar-refractivity contribution in [3.63, 3.8) is 0 Å². The summed E-state index contributed by atoms with van der Waals surface area (Å²) >= 11 is 3.36. The lowest BCUT2D eigenvalue weighted by Crippen LogP contribution is -2.21. The van der Waals surface area contributed by atoms with Gasteiger partial charge in [-0.3, -0.25) is 0 Å². The Balaban J connectivity index is 2.45. The zero-order valence-corrected chi connectivity index (χ0v) is 10.8. The summed E-state index contributed by atoms with van der Waals surface area (Å²) < 4.78 is 16.3. The van der Waals surface area contributed by atoms with Gasteiger partial charge in [0.1, 0.15) is 0 Å². The molecule has 0 fully saturated rings. The highest BCUT2D eigenvalue weighted by molar-refractivity contribution is 9.10. The van der Waals surface area contributed by atoms with Crippen molar-refractivity contribution in [1.82, 2.24) is 5.32 Å². The largest absolute Gasteiger partial charge is 0.493 e. The van der Waals surface area contributed by atoms with E-state index >= 15 is 0 Å². The van der Waals surface area contributed by atoms with Gasteiger partial charge < -0.3 is 19.2 Å². The van der Waals surface area contributed by atoms with E-state index in [0.29, 0.717) is 11.3 Å². The van der Waals surface area contributed by atoms with Gasteiger partial charge in [0.05, 0.1) is 7.11 Å². The van der Waals surface area contributed by atoms with Gasteiger partial charge in [-0.25, -0.2) is 4.79 Å². The summed E-state index contributed by atoms with van der Waals surface area (Å²) in [5, 5.41) is 3.12. The van der Waals surface area contributed by atoms with Gasteiger partial charge in [0.25, 0.3) is 5.95 Å². The summed E-state index contributed by atoms with van der Waals surface area (Å²) in [6.45, 7) is 0. The highest BCUT2D eigenvalue weighted by atomic mass is 79.9. The number of hydrogen-bond acceptors (Lipinski definition) is 4. The maximum absolute atomic E-state index is 11.0. The SMILES string of the molecule is CNC(=O)Oc1cc2cc(Br)cc(OC)c2o1. The number of halogens is 1. The molecule has 2 rings (SSSR count). The minimum atomic E-state index is -0.581. The molecule has 1 aromatic heterocycles. The monoisotopic (exact) mass is 299 g/mol. The summed E-state index contributed by atoms with van der Waals surface area (Å²) in [5.41, 5.74) is 0.537. The van der Waals surface area contributed by atoms with Crippen molar-refractivity contribution in [2.45, 2.75) is 0 Å². The number of nitrogens with one attached hydrogen (secondary N) is 1. The van der Waals surface area contributed by atoms with Crippen molar-refractivity contribution in [2.24, 2.45) is 0 Å². The van der Waals surface area contributed by atoms with E-state index < -0.39 is 6.09 Å². The zero-order chi connectivity index (χ0) is 12.4. The molecular formula is C11H10BrNO4. The highest BCUT2D eigenvalue weighted by Crippen LogP contribution is 2.35. The van der Waals surface area contributed by atoms with Gasteiger partial charge in [-0.1, -0.05) is 15.9 Å². The van der Waals surface area contributed by atoms with Gasteiger partial charge in [-0.05, 0) is 12.1 Å². The number of carbonyl (C=O) groups is 1. The molecule has 0 radical (unpaired) electrons. The average Bonchev–Trinajstić information content (AvgIpc) is 2.69. The Morgan fingerprint density at radius 2 is 2.18 bits per heavy atom. The molecule has 0 bridgehead atoms. The van der Waals surface area contributed by atoms with Crippen molar-refractivity contribution in [3.8, 4) is 11.7 Å². The van der Waals surface area contributed by atoms with Crippen molar-refractivity contribution in [3.05, 3.63) is 22.7 Å². The number of fused-ring (bicyclic) bond motifs is 1. The number of rotatable bonds is 2. The van der Waals surface area contributed by atoms with Crippen LogP contribution < -0.4 is 14.8 Å². The van der Waals surface area contributed by atoms with Gasteiger partial charge in [0.2, 0.25) is 0 Å². The Labute approximate surface area is 106 Å². The van der Waals surface area contributed by atoms with E-state index in [1.807, 2.05) is 6.07 Å². The number of hydrogen-bond donors (Lipinski definition) is 1. The molecule has 1 aromatic carbocycles. The molecule has 0 aliphatic carbocycles. The third-order valence-electron chi connectivity index (χ3n) is 2.14. The van der Waals surface area contributed by atoms with Crippen molar-refractivity contribution in [1.29, 1.82) is 0 Å². The van der Waals surface area contributed by atoms with E-state index in [9.17, 15) is 4.79 Å². The number of benzene rings is 1. The van der Waals surface area contributed by atoms with E-state index in [2.05, 4.69) is 21.2 Å². The molecule has 1 amide bonds. The lowest BCUT2D eigenvalue weighted by Gasteiger charge is -2.00. The second-order valence-corrected chi connectivity index (χ2v) is 4.15. The molecule has 0 aliphatic rings. The molecule has 1 N–H and O–H groups in total. The molecule has 2 aromatic rings. The first-order chi connectivity index (χ1) is 8.13. The van der Waals surface area contributed by atoms with Gasteiger partial charge in [0, 0.05) is 23.0 Å². The summed E-state index contributed by atoms with van der Waals surface area (Å²) in [4.78, 5) is 11.0. The number of amides is 1. The maximum atomic E-state index is 11.0. The van der Waals surface area contributed by atoms with Crippen LogP contribution in [-0.2, 0) is 0 Å². The first kappa shape index (κ1) is 11.8. The Hall–Kier alpha value is -1.69. The van der Waals surface area contributed by atoms with Gasteiger partial charge in [-0.2, -0.15) is 0 Å². The molecule has 0 unspecified atom stereocenters. The van der Waals surface area contributed by atoms with Crippen LogP contribution in [0, 0.1) is 0 Å². The minimum Gasteiger partial charge on any atom is -0.493 e. The lowest BCUT2D eigenvalue weighted by molar-refractivity contribution is 0.191. The molecule has 0 saturated carbocycles. The van der Waals surface area contributed by atoms with Crippen LogP contribution in [0.25, 0.3) is 11.0 Å². The predicted molar refractivity (Wildman–Crippen MR) is 65.5 cm³/mol. The van der Waals surface area contributed by atoms with E-state index in [4.69, 9.17) is 13.9 Å². The fourth-order valence-corrected chi connectivity index (χ4v) is 1.86. The van der Waals surface area contributed by atoms with Crippen molar-refractivity contribution >= 4 is 33.0 Å². The molecule has 0 aliphatic heterocycles. The predicted octanol–water partition coefficient (Wildman–Crippen LogP) is 2.92. The average molecular weight is 300 g/mol. The Bertz CT molecular complexity index is 564. The van der Waals surface area contributed by atoms with Crippen LogP contribution in [0.1, 0.15) is 0 Å². The second kappa shape index (κ2) is 4.67. The Kier molecular flexibility index (Phi) is 3.23. The smallest absolute Gasteiger partial charge is 0.414 e. The van der Waals surface area contributed by atoms with E-state index in [0.717, 1.165) is 9.86 Å². The van der Waals surface area contributed by atoms with Crippen LogP contribution in [0.2, 0.25) is 0 Å². The minimum absolute atomic E-state index is 0.121. The van der Waals surface area contributed by atoms with Gasteiger partial charge in [0.15, 0.2) is 11.3 Å². The lowest BCUT2D eigenvalue weighted by atomic mass is 10.2. The molecule has 0 atom stereocenters. The quantitative estimate of drug-likeness (QED) is 0.926. The molecule has 5 nitrogen and oxygen atoms in total. The molecule has 17 heavy (non-hydrogen) atoms. The molecular weight excluding hydrogens is 290 g/mol. The van der Waals surface area contributed by atoms with Crippen molar-refractivity contribution < 1.29 is 18.7 Å². The van der Waals surface area contributed by atoms with E-state index in [1.54, 1.807) is 19.2 Å². The first-order valence-corrected chi connectivity index (χ1v) is 5.60. The molecule has 90 valence electrons. The van der Waals surface area contributed by atoms with Crippen molar-refractivity contribution in [2.75, 3.05) is 14.2 Å². The molecule has 6 heteroatoms. The highest BCUT2D eigenvalue weighted by Gasteiger charge is 2.13. The van der Waals surface area contributed by atoms with Crippen LogP contribution in [0.3, 0.4) is 0 Å². The third kappa shape index (κ3) is 2.36. The van der Waals surface area contributed by atoms with Crippen LogP contribution >= 0.6 is 15.9 Å². The fourth-order valence-electron chi connectivity index (χ4n) is 1.41. The second-order valence-electron chi connectivity index (χ2n) is 3.23. The van der Waals surface area contributed by atoms with Crippen LogP contribution in [-0.4, -0.2) is 20.3 Å². The summed E-state index contributed by atoms with van der Waals surface area (Å²) in [7, 11) is 3.02. The molecule has 0 saturated heterocycles. The van der Waals surface area contributed by atoms with Crippen LogP contribution in [0.15, 0.2) is 27.1 Å². The topological polar surface area (TPSA) is 60.7 Å². The standard InChI is InChI=1S/C11H10BrNO4/c1-13-11(14)17-9-4-6-3-7(12)5-8(15-2)10(6)16-9/h3-5H,1-2H3,(H,13,14). The summed E-state index contributed by atoms with van der Waals surface area (Å²) in [5.74, 6) is 0.692. The number of methoxy groups -OCH3 is 1. The number of furan rings is 1. The molecule has 1 heterocycles. The first-order valence-electron chi connectivity index (χ1n) is 4.80. The van der Waals surface area contributed by atoms with E-state index in [-0.39, 0.29) is 5.95 Å². The third-order valence-corrected chi connectivity index (χ3v) is 2.60. The molecule has 0 spiro atoms.